The maximum atomic E-state index is 5.44. The van der Waals surface area contributed by atoms with Gasteiger partial charge in [0.2, 0.25) is 5.95 Å². The van der Waals surface area contributed by atoms with Gasteiger partial charge in [0.1, 0.15) is 11.6 Å². The van der Waals surface area contributed by atoms with Gasteiger partial charge in [0, 0.05) is 65.2 Å². The largest absolute Gasteiger partial charge is 0.497 e. The normalized spacial score (nSPS) is 11.3. The molecule has 7 heteroatoms. The van der Waals surface area contributed by atoms with Gasteiger partial charge >= 0.3 is 0 Å². The van der Waals surface area contributed by atoms with Crippen LogP contribution in [0.5, 0.6) is 5.75 Å². The zero-order chi connectivity index (χ0) is 22.9. The molecule has 0 spiro atoms. The van der Waals surface area contributed by atoms with Crippen molar-refractivity contribution in [2.24, 2.45) is 7.05 Å². The van der Waals surface area contributed by atoms with E-state index in [0.29, 0.717) is 5.95 Å². The van der Waals surface area contributed by atoms with Gasteiger partial charge in [-0.15, -0.1) is 0 Å². The number of aryl methyl sites for hydroxylation is 4. The highest BCUT2D eigenvalue weighted by molar-refractivity contribution is 5.86. The van der Waals surface area contributed by atoms with Crippen molar-refractivity contribution in [1.29, 1.82) is 0 Å². The molecule has 0 saturated heterocycles. The molecule has 2 aromatic carbocycles. The first-order chi connectivity index (χ1) is 16.0. The van der Waals surface area contributed by atoms with Crippen molar-refractivity contribution in [3.8, 4) is 5.75 Å². The van der Waals surface area contributed by atoms with E-state index in [1.165, 1.54) is 21.9 Å². The van der Waals surface area contributed by atoms with E-state index in [-0.39, 0.29) is 0 Å². The quantitative estimate of drug-likeness (QED) is 0.318. The lowest BCUT2D eigenvalue weighted by molar-refractivity contribution is 0.415. The van der Waals surface area contributed by atoms with Gasteiger partial charge in [0.05, 0.1) is 7.11 Å². The maximum absolute atomic E-state index is 5.44. The molecule has 5 aromatic rings. The number of hydrogen-bond acceptors (Lipinski definition) is 5. The van der Waals surface area contributed by atoms with Crippen LogP contribution in [0.1, 0.15) is 16.8 Å². The number of aromatic amines is 1. The van der Waals surface area contributed by atoms with Gasteiger partial charge in [-0.25, -0.2) is 4.98 Å². The topological polar surface area (TPSA) is 79.8 Å². The summed E-state index contributed by atoms with van der Waals surface area (Å²) in [5.74, 6) is 2.28. The molecule has 0 unspecified atom stereocenters. The Morgan fingerprint density at radius 2 is 1.91 bits per heavy atom. The minimum atomic E-state index is 0.592. The van der Waals surface area contributed by atoms with Crippen LogP contribution in [0.25, 0.3) is 21.8 Å². The molecule has 0 saturated carbocycles. The molecule has 0 radical (unpaired) electrons. The van der Waals surface area contributed by atoms with Crippen molar-refractivity contribution >= 4 is 39.3 Å². The van der Waals surface area contributed by atoms with E-state index in [9.17, 15) is 0 Å². The average molecular weight is 441 g/mol. The van der Waals surface area contributed by atoms with E-state index in [0.717, 1.165) is 46.9 Å². The molecule has 3 N–H and O–H groups in total. The number of rotatable bonds is 7. The number of ether oxygens (including phenoxy) is 1. The van der Waals surface area contributed by atoms with Gasteiger partial charge in [0.15, 0.2) is 0 Å². The number of fused-ring (bicyclic) bond motifs is 2. The second-order valence-electron chi connectivity index (χ2n) is 8.35. The highest BCUT2D eigenvalue weighted by Crippen LogP contribution is 2.28. The summed E-state index contributed by atoms with van der Waals surface area (Å²) in [6, 6.07) is 14.7. The Labute approximate surface area is 192 Å². The summed E-state index contributed by atoms with van der Waals surface area (Å²) in [5.41, 5.74) is 6.82. The van der Waals surface area contributed by atoms with Crippen LogP contribution < -0.4 is 15.4 Å². The molecule has 0 aliphatic heterocycles. The van der Waals surface area contributed by atoms with Crippen molar-refractivity contribution in [3.63, 3.8) is 0 Å². The highest BCUT2D eigenvalue weighted by Gasteiger charge is 2.12. The molecule has 3 aromatic heterocycles. The lowest BCUT2D eigenvalue weighted by Crippen LogP contribution is -2.05. The predicted octanol–water partition coefficient (Wildman–Crippen LogP) is 5.34. The van der Waals surface area contributed by atoms with Crippen LogP contribution in [0.2, 0.25) is 0 Å². The summed E-state index contributed by atoms with van der Waals surface area (Å²) in [6.07, 6.45) is 5.79. The first kappa shape index (κ1) is 20.9. The summed E-state index contributed by atoms with van der Waals surface area (Å²) in [7, 11) is 5.61. The molecule has 0 aliphatic rings. The monoisotopic (exact) mass is 440 g/mol. The van der Waals surface area contributed by atoms with Crippen LogP contribution in [0.15, 0.2) is 54.9 Å². The minimum Gasteiger partial charge on any atom is -0.497 e. The fraction of sp³-hybridized carbons (Fsp3) is 0.231. The molecule has 0 bridgehead atoms. The molecule has 7 nitrogen and oxygen atoms in total. The molecular formula is C26H28N6O. The predicted molar refractivity (Wildman–Crippen MR) is 135 cm³/mol. The third-order valence-corrected chi connectivity index (χ3v) is 6.05. The SMILES string of the molecule is CNc1ncc(CCc2cn(C)c3ccc(OC)cc23)c(Nc2ccc3[nH]c(C)cc3c2)n1. The third-order valence-electron chi connectivity index (χ3n) is 6.05. The van der Waals surface area contributed by atoms with Crippen LogP contribution in [-0.4, -0.2) is 33.7 Å². The van der Waals surface area contributed by atoms with Crippen molar-refractivity contribution in [1.82, 2.24) is 19.5 Å². The zero-order valence-corrected chi connectivity index (χ0v) is 19.4. The van der Waals surface area contributed by atoms with Crippen molar-refractivity contribution in [3.05, 3.63) is 71.7 Å². The van der Waals surface area contributed by atoms with Crippen molar-refractivity contribution < 1.29 is 4.74 Å². The van der Waals surface area contributed by atoms with E-state index < -0.39 is 0 Å². The van der Waals surface area contributed by atoms with Gasteiger partial charge in [-0.05, 0) is 67.8 Å². The molecule has 0 atom stereocenters. The third kappa shape index (κ3) is 4.09. The molecule has 0 aliphatic carbocycles. The van der Waals surface area contributed by atoms with Gasteiger partial charge in [-0.1, -0.05) is 0 Å². The molecule has 33 heavy (non-hydrogen) atoms. The number of nitrogens with zero attached hydrogens (tertiary/aromatic N) is 3. The zero-order valence-electron chi connectivity index (χ0n) is 19.4. The van der Waals surface area contributed by atoms with Crippen LogP contribution in [-0.2, 0) is 19.9 Å². The lowest BCUT2D eigenvalue weighted by atomic mass is 10.0. The molecule has 168 valence electrons. The van der Waals surface area contributed by atoms with Gasteiger partial charge < -0.3 is 24.9 Å². The molecule has 3 heterocycles. The Bertz CT molecular complexity index is 1450. The van der Waals surface area contributed by atoms with Gasteiger partial charge in [-0.2, -0.15) is 4.98 Å². The lowest BCUT2D eigenvalue weighted by Gasteiger charge is -2.12. The van der Waals surface area contributed by atoms with Crippen LogP contribution in [0.4, 0.5) is 17.5 Å². The Morgan fingerprint density at radius 1 is 1.06 bits per heavy atom. The molecular weight excluding hydrogens is 412 g/mol. The van der Waals surface area contributed by atoms with E-state index in [2.05, 4.69) is 81.7 Å². The van der Waals surface area contributed by atoms with Crippen LogP contribution in [0.3, 0.4) is 0 Å². The van der Waals surface area contributed by atoms with E-state index in [1.807, 2.05) is 19.3 Å². The number of aromatic nitrogens is 4. The Balaban J connectivity index is 1.44. The number of nitrogens with one attached hydrogen (secondary N) is 3. The van der Waals surface area contributed by atoms with Crippen molar-refractivity contribution in [2.45, 2.75) is 19.8 Å². The fourth-order valence-corrected chi connectivity index (χ4v) is 4.36. The van der Waals surface area contributed by atoms with E-state index in [1.54, 1.807) is 7.11 Å². The number of anilines is 3. The number of methoxy groups -OCH3 is 1. The summed E-state index contributed by atoms with van der Waals surface area (Å²) in [4.78, 5) is 12.5. The smallest absolute Gasteiger partial charge is 0.224 e. The second-order valence-corrected chi connectivity index (χ2v) is 8.35. The van der Waals surface area contributed by atoms with E-state index in [4.69, 9.17) is 9.72 Å². The first-order valence-corrected chi connectivity index (χ1v) is 11.1. The highest BCUT2D eigenvalue weighted by atomic mass is 16.5. The first-order valence-electron chi connectivity index (χ1n) is 11.1. The summed E-state index contributed by atoms with van der Waals surface area (Å²) < 4.78 is 7.61. The molecule has 0 fully saturated rings. The summed E-state index contributed by atoms with van der Waals surface area (Å²) in [5, 5.41) is 8.95. The number of hydrogen-bond donors (Lipinski definition) is 3. The average Bonchev–Trinajstić information content (AvgIpc) is 3.35. The molecule has 5 rings (SSSR count). The Kier molecular flexibility index (Phi) is 5.38. The summed E-state index contributed by atoms with van der Waals surface area (Å²) >= 11 is 0. The van der Waals surface area contributed by atoms with Crippen LogP contribution >= 0.6 is 0 Å². The number of H-pyrrole nitrogens is 1. The second kappa shape index (κ2) is 8.50. The number of benzene rings is 2. The fourth-order valence-electron chi connectivity index (χ4n) is 4.36. The van der Waals surface area contributed by atoms with Gasteiger partial charge in [-0.3, -0.25) is 0 Å². The standard InChI is InChI=1S/C26H28N6O/c1-16-11-19-12-20(7-9-23(19)29-16)30-25-17(14-28-26(27-2)31-25)5-6-18-15-32(3)24-10-8-21(33-4)13-22(18)24/h7-15,29H,5-6H2,1-4H3,(H2,27,28,30,31). The van der Waals surface area contributed by atoms with Crippen LogP contribution in [0, 0.1) is 6.92 Å². The maximum Gasteiger partial charge on any atom is 0.224 e. The Hall–Kier alpha value is -4.00. The summed E-state index contributed by atoms with van der Waals surface area (Å²) in [6.45, 7) is 2.07. The van der Waals surface area contributed by atoms with Gasteiger partial charge in [0.25, 0.3) is 0 Å². The van der Waals surface area contributed by atoms with E-state index >= 15 is 0 Å². The molecule has 0 amide bonds. The Morgan fingerprint density at radius 3 is 2.73 bits per heavy atom. The minimum absolute atomic E-state index is 0.592. The van der Waals surface area contributed by atoms with Crippen molar-refractivity contribution in [2.75, 3.05) is 24.8 Å².